The number of carbonyl (C=O) groups excluding carboxylic acids is 3. The standard InChI is InChI=1S/C26H31N5O3/c1-26(2)17-30(14-10-22(26)32)24(33)18-7-11-27-23(15-18)29-12-8-20(9-13-29)31-16-19-5-3-4-6-21(19)28-25(31)34/h3-7,11,15,20H,8-10,12-14,16-17H2,1-2H3,(H,28,34). The smallest absolute Gasteiger partial charge is 0.322 e. The highest BCUT2D eigenvalue weighted by atomic mass is 16.2. The summed E-state index contributed by atoms with van der Waals surface area (Å²) in [7, 11) is 0. The fourth-order valence-corrected chi connectivity index (χ4v) is 5.22. The molecule has 178 valence electrons. The van der Waals surface area contributed by atoms with Crippen molar-refractivity contribution in [3.63, 3.8) is 0 Å². The van der Waals surface area contributed by atoms with Gasteiger partial charge in [0.1, 0.15) is 11.6 Å². The van der Waals surface area contributed by atoms with Crippen LogP contribution in [0.4, 0.5) is 16.3 Å². The molecule has 34 heavy (non-hydrogen) atoms. The lowest BCUT2D eigenvalue weighted by molar-refractivity contribution is -0.130. The molecule has 1 aromatic carbocycles. The highest BCUT2D eigenvalue weighted by molar-refractivity contribution is 5.97. The van der Waals surface area contributed by atoms with Gasteiger partial charge in [0.05, 0.1) is 0 Å². The lowest BCUT2D eigenvalue weighted by atomic mass is 9.82. The number of amides is 3. The van der Waals surface area contributed by atoms with Crippen molar-refractivity contribution in [2.45, 2.75) is 45.7 Å². The molecular formula is C26H31N5O3. The summed E-state index contributed by atoms with van der Waals surface area (Å²) in [6.07, 6.45) is 3.78. The number of benzene rings is 1. The number of urea groups is 1. The van der Waals surface area contributed by atoms with Crippen molar-refractivity contribution in [1.29, 1.82) is 0 Å². The normalized spacial score (nSPS) is 20.7. The van der Waals surface area contributed by atoms with Crippen LogP contribution in [0.3, 0.4) is 0 Å². The molecule has 3 aliphatic rings. The second-order valence-corrected chi connectivity index (χ2v) is 10.1. The quantitative estimate of drug-likeness (QED) is 0.756. The number of piperidine rings is 2. The van der Waals surface area contributed by atoms with Gasteiger partial charge in [-0.15, -0.1) is 0 Å². The molecule has 4 heterocycles. The number of hydrogen-bond acceptors (Lipinski definition) is 5. The molecular weight excluding hydrogens is 430 g/mol. The van der Waals surface area contributed by atoms with E-state index in [9.17, 15) is 14.4 Å². The van der Waals surface area contributed by atoms with Crippen LogP contribution in [0.15, 0.2) is 42.6 Å². The summed E-state index contributed by atoms with van der Waals surface area (Å²) >= 11 is 0. The number of rotatable bonds is 3. The fourth-order valence-electron chi connectivity index (χ4n) is 5.22. The summed E-state index contributed by atoms with van der Waals surface area (Å²) in [5.74, 6) is 0.938. The van der Waals surface area contributed by atoms with E-state index in [1.807, 2.05) is 43.0 Å². The summed E-state index contributed by atoms with van der Waals surface area (Å²) in [4.78, 5) is 48.4. The number of anilines is 2. The topological polar surface area (TPSA) is 85.8 Å². The number of nitrogens with zero attached hydrogens (tertiary/aromatic N) is 4. The Hall–Kier alpha value is -3.42. The van der Waals surface area contributed by atoms with E-state index in [2.05, 4.69) is 21.3 Å². The minimum atomic E-state index is -0.507. The van der Waals surface area contributed by atoms with Gasteiger partial charge in [-0.25, -0.2) is 9.78 Å². The van der Waals surface area contributed by atoms with Crippen LogP contribution >= 0.6 is 0 Å². The Bertz CT molecular complexity index is 1120. The summed E-state index contributed by atoms with van der Waals surface area (Å²) < 4.78 is 0. The maximum atomic E-state index is 13.1. The van der Waals surface area contributed by atoms with E-state index in [-0.39, 0.29) is 23.8 Å². The Morgan fingerprint density at radius 2 is 1.85 bits per heavy atom. The molecule has 8 heteroatoms. The highest BCUT2D eigenvalue weighted by Crippen LogP contribution is 2.30. The van der Waals surface area contributed by atoms with Gasteiger partial charge in [-0.2, -0.15) is 0 Å². The van der Waals surface area contributed by atoms with E-state index in [0.717, 1.165) is 43.0 Å². The van der Waals surface area contributed by atoms with Gasteiger partial charge >= 0.3 is 6.03 Å². The summed E-state index contributed by atoms with van der Waals surface area (Å²) in [5.41, 5.74) is 2.13. The molecule has 0 radical (unpaired) electrons. The molecule has 0 spiro atoms. The average molecular weight is 462 g/mol. The number of Topliss-reactive ketones (excluding diaryl/α,β-unsaturated/α-hetero) is 1. The predicted octanol–water partition coefficient (Wildman–Crippen LogP) is 3.54. The van der Waals surface area contributed by atoms with Gasteiger partial charge in [0, 0.05) is 68.0 Å². The number of carbonyl (C=O) groups is 3. The van der Waals surface area contributed by atoms with E-state index in [4.69, 9.17) is 0 Å². The predicted molar refractivity (Wildman–Crippen MR) is 130 cm³/mol. The van der Waals surface area contributed by atoms with Gasteiger partial charge in [-0.3, -0.25) is 9.59 Å². The molecule has 2 saturated heterocycles. The van der Waals surface area contributed by atoms with Crippen molar-refractivity contribution in [1.82, 2.24) is 14.8 Å². The molecule has 5 rings (SSSR count). The molecule has 0 saturated carbocycles. The van der Waals surface area contributed by atoms with Crippen LogP contribution in [0, 0.1) is 5.41 Å². The third-order valence-corrected chi connectivity index (χ3v) is 7.32. The van der Waals surface area contributed by atoms with Crippen LogP contribution in [0.25, 0.3) is 0 Å². The van der Waals surface area contributed by atoms with Gasteiger partial charge in [-0.1, -0.05) is 32.0 Å². The van der Waals surface area contributed by atoms with E-state index in [0.29, 0.717) is 31.6 Å². The molecule has 0 unspecified atom stereocenters. The van der Waals surface area contributed by atoms with Gasteiger partial charge in [0.25, 0.3) is 5.91 Å². The first-order valence-corrected chi connectivity index (χ1v) is 12.0. The van der Waals surface area contributed by atoms with Gasteiger partial charge in [-0.05, 0) is 36.6 Å². The zero-order chi connectivity index (χ0) is 23.9. The third kappa shape index (κ3) is 4.24. The number of ketones is 1. The molecule has 0 bridgehead atoms. The fraction of sp³-hybridized carbons (Fsp3) is 0.462. The Kier molecular flexibility index (Phi) is 5.75. The molecule has 0 atom stereocenters. The molecule has 3 amide bonds. The number of likely N-dealkylation sites (tertiary alicyclic amines) is 1. The van der Waals surface area contributed by atoms with Crippen LogP contribution in [0.1, 0.15) is 49.0 Å². The number of nitrogens with one attached hydrogen (secondary N) is 1. The number of fused-ring (bicyclic) bond motifs is 1. The first kappa shape index (κ1) is 22.4. The van der Waals surface area contributed by atoms with E-state index in [1.165, 1.54) is 0 Å². The van der Waals surface area contributed by atoms with Crippen LogP contribution in [0.5, 0.6) is 0 Å². The minimum absolute atomic E-state index is 0.0363. The van der Waals surface area contributed by atoms with Crippen LogP contribution in [-0.2, 0) is 11.3 Å². The lowest BCUT2D eigenvalue weighted by Gasteiger charge is -2.41. The molecule has 0 aliphatic carbocycles. The van der Waals surface area contributed by atoms with Crippen LogP contribution in [0.2, 0.25) is 0 Å². The van der Waals surface area contributed by atoms with Crippen LogP contribution in [-0.4, -0.2) is 64.7 Å². The van der Waals surface area contributed by atoms with Crippen molar-refractivity contribution in [3.05, 3.63) is 53.7 Å². The number of pyridine rings is 1. The molecule has 2 aromatic rings. The third-order valence-electron chi connectivity index (χ3n) is 7.32. The SMILES string of the molecule is CC1(C)CN(C(=O)c2ccnc(N3CCC(N4Cc5ccccc5NC4=O)CC3)c2)CCC1=O. The van der Waals surface area contributed by atoms with Crippen molar-refractivity contribution in [2.75, 3.05) is 36.4 Å². The van der Waals surface area contributed by atoms with Crippen molar-refractivity contribution >= 4 is 29.2 Å². The summed E-state index contributed by atoms with van der Waals surface area (Å²) in [6, 6.07) is 11.7. The largest absolute Gasteiger partial charge is 0.356 e. The average Bonchev–Trinajstić information content (AvgIpc) is 2.85. The monoisotopic (exact) mass is 461 g/mol. The zero-order valence-electron chi connectivity index (χ0n) is 19.8. The van der Waals surface area contributed by atoms with Crippen molar-refractivity contribution in [2.24, 2.45) is 5.41 Å². The molecule has 1 N–H and O–H groups in total. The number of aromatic nitrogens is 1. The molecule has 2 fully saturated rings. The van der Waals surface area contributed by atoms with Crippen molar-refractivity contribution < 1.29 is 14.4 Å². The molecule has 8 nitrogen and oxygen atoms in total. The van der Waals surface area contributed by atoms with E-state index in [1.54, 1.807) is 17.2 Å². The summed E-state index contributed by atoms with van der Waals surface area (Å²) in [5, 5.41) is 3.01. The maximum Gasteiger partial charge on any atom is 0.322 e. The Balaban J connectivity index is 1.23. The molecule has 1 aromatic heterocycles. The zero-order valence-corrected chi connectivity index (χ0v) is 19.8. The lowest BCUT2D eigenvalue weighted by Crippen LogP contribution is -2.50. The van der Waals surface area contributed by atoms with Gasteiger partial charge in [0.15, 0.2) is 0 Å². The highest BCUT2D eigenvalue weighted by Gasteiger charge is 2.37. The minimum Gasteiger partial charge on any atom is -0.356 e. The first-order chi connectivity index (χ1) is 16.3. The van der Waals surface area contributed by atoms with Gasteiger partial charge in [0.2, 0.25) is 0 Å². The molecule has 3 aliphatic heterocycles. The Morgan fingerprint density at radius 1 is 1.09 bits per heavy atom. The summed E-state index contributed by atoms with van der Waals surface area (Å²) in [6.45, 7) is 6.87. The van der Waals surface area contributed by atoms with Gasteiger partial charge < -0.3 is 20.0 Å². The van der Waals surface area contributed by atoms with E-state index < -0.39 is 5.41 Å². The Morgan fingerprint density at radius 3 is 2.62 bits per heavy atom. The second kappa shape index (κ2) is 8.74. The number of para-hydroxylation sites is 1. The Labute approximate surface area is 199 Å². The van der Waals surface area contributed by atoms with Crippen LogP contribution < -0.4 is 10.2 Å². The van der Waals surface area contributed by atoms with Crippen molar-refractivity contribution in [3.8, 4) is 0 Å². The van der Waals surface area contributed by atoms with E-state index >= 15 is 0 Å². The first-order valence-electron chi connectivity index (χ1n) is 12.0. The second-order valence-electron chi connectivity index (χ2n) is 10.1. The number of hydrogen-bond donors (Lipinski definition) is 1. The maximum absolute atomic E-state index is 13.1.